The van der Waals surface area contributed by atoms with E-state index in [1.807, 2.05) is 0 Å². The Morgan fingerprint density at radius 2 is 1.38 bits per heavy atom. The van der Waals surface area contributed by atoms with Crippen LogP contribution in [-0.2, 0) is 31.5 Å². The van der Waals surface area contributed by atoms with Crippen molar-refractivity contribution in [2.45, 2.75) is 20.1 Å². The molecule has 0 aliphatic heterocycles. The highest BCUT2D eigenvalue weighted by Gasteiger charge is 2.35. The molecule has 4 rings (SSSR count). The molecule has 2 N–H and O–H groups in total. The number of aldehydes is 1. The van der Waals surface area contributed by atoms with Gasteiger partial charge in [0.05, 0.1) is 38.1 Å². The quantitative estimate of drug-likeness (QED) is 0.0815. The van der Waals surface area contributed by atoms with Crippen molar-refractivity contribution in [1.82, 2.24) is 4.57 Å². The van der Waals surface area contributed by atoms with E-state index < -0.39 is 51.0 Å². The van der Waals surface area contributed by atoms with Gasteiger partial charge in [0, 0.05) is 19.5 Å². The van der Waals surface area contributed by atoms with Gasteiger partial charge >= 0.3 is 26.5 Å². The number of carbonyl (C=O) groups is 4. The maximum atomic E-state index is 13.5. The highest BCUT2D eigenvalue weighted by atomic mass is 31.2. The highest BCUT2D eigenvalue weighted by Crippen LogP contribution is 2.42. The Bertz CT molecular complexity index is 1860. The van der Waals surface area contributed by atoms with Gasteiger partial charge < -0.3 is 42.3 Å². The topological polar surface area (TPSA) is 178 Å². The molecule has 14 nitrogen and oxygen atoms in total. The molecule has 0 fully saturated rings. The normalized spacial score (nSPS) is 12.8. The average Bonchev–Trinajstić information content (AvgIpc) is 3.41. The van der Waals surface area contributed by atoms with Gasteiger partial charge in [-0.25, -0.2) is 14.4 Å². The largest absolute Gasteiger partial charge is 0.497 e. The number of benzene rings is 3. The summed E-state index contributed by atoms with van der Waals surface area (Å²) in [7, 11) is -2.04. The summed E-state index contributed by atoms with van der Waals surface area (Å²) in [6.45, 7) is 3.02. The first kappa shape index (κ1) is 38.2. The third kappa shape index (κ3) is 9.74. The summed E-state index contributed by atoms with van der Waals surface area (Å²) in [4.78, 5) is 72.6. The van der Waals surface area contributed by atoms with Crippen LogP contribution in [0.2, 0.25) is 0 Å². The molecular formula is C34H35NO13P2. The summed E-state index contributed by atoms with van der Waals surface area (Å²) in [5, 5.41) is 0. The Kier molecular flexibility index (Phi) is 13.2. The van der Waals surface area contributed by atoms with Gasteiger partial charge in [0.1, 0.15) is 18.8 Å². The molecule has 264 valence electrons. The minimum atomic E-state index is -2.75. The predicted molar refractivity (Wildman–Crippen MR) is 184 cm³/mol. The van der Waals surface area contributed by atoms with Gasteiger partial charge in [-0.3, -0.25) is 9.36 Å². The van der Waals surface area contributed by atoms with Crippen LogP contribution in [-0.4, -0.2) is 72.3 Å². The van der Waals surface area contributed by atoms with E-state index in [9.17, 15) is 29.0 Å². The van der Waals surface area contributed by atoms with Gasteiger partial charge in [0.25, 0.3) is 0 Å². The molecule has 3 aromatic carbocycles. The summed E-state index contributed by atoms with van der Waals surface area (Å²) in [5.74, 6) is -3.45. The lowest BCUT2D eigenvalue weighted by Crippen LogP contribution is -2.16. The van der Waals surface area contributed by atoms with Crippen LogP contribution >= 0.6 is 15.9 Å². The van der Waals surface area contributed by atoms with Crippen molar-refractivity contribution in [1.29, 1.82) is 0 Å². The fourth-order valence-electron chi connectivity index (χ4n) is 4.40. The highest BCUT2D eigenvalue weighted by molar-refractivity contribution is 7.62. The third-order valence-electron chi connectivity index (χ3n) is 6.81. The zero-order chi connectivity index (χ0) is 36.4. The van der Waals surface area contributed by atoms with Crippen LogP contribution < -0.4 is 14.2 Å². The van der Waals surface area contributed by atoms with E-state index in [1.165, 1.54) is 45.1 Å². The molecule has 0 saturated carbocycles. The minimum Gasteiger partial charge on any atom is -0.497 e. The van der Waals surface area contributed by atoms with Gasteiger partial charge in [0.15, 0.2) is 12.0 Å². The van der Waals surface area contributed by atoms with E-state index in [1.54, 1.807) is 55.5 Å². The molecule has 50 heavy (non-hydrogen) atoms. The number of nitrogens with zero attached hydrogens (tertiary/aromatic N) is 1. The lowest BCUT2D eigenvalue weighted by atomic mass is 10.1. The number of hydrogen-bond acceptors (Lipinski definition) is 13. The lowest BCUT2D eigenvalue weighted by Gasteiger charge is -2.12. The number of rotatable bonds is 16. The first-order valence-electron chi connectivity index (χ1n) is 14.8. The lowest BCUT2D eigenvalue weighted by molar-refractivity contribution is 0.0508. The molecule has 1 heterocycles. The van der Waals surface area contributed by atoms with Crippen molar-refractivity contribution >= 4 is 46.4 Å². The second kappa shape index (κ2) is 17.3. The fourth-order valence-corrected chi connectivity index (χ4v) is 5.20. The number of esters is 3. The SMILES string of the molecule is C=P(C)(O)OCc1ccc(C(=O)Oc2c(OC(=O)c3ccc(COP(O)OC)cc3)c(C(=O)OCC)n(-c3ccc(OC)cc3)c2C=O)cc1. The van der Waals surface area contributed by atoms with Crippen molar-refractivity contribution in [3.05, 3.63) is 106 Å². The van der Waals surface area contributed by atoms with E-state index in [4.69, 9.17) is 32.5 Å². The number of hydrogen-bond donors (Lipinski definition) is 2. The molecule has 0 bridgehead atoms. The van der Waals surface area contributed by atoms with Crippen LogP contribution in [0, 0.1) is 0 Å². The third-order valence-corrected chi connectivity index (χ3v) is 8.15. The van der Waals surface area contributed by atoms with Gasteiger partial charge in [-0.2, -0.15) is 0 Å². The number of ether oxygens (including phenoxy) is 4. The van der Waals surface area contributed by atoms with E-state index in [2.05, 4.69) is 6.30 Å². The van der Waals surface area contributed by atoms with Gasteiger partial charge in [-0.15, -0.1) is 0 Å². The minimum absolute atomic E-state index is 0.00208. The Morgan fingerprint density at radius 3 is 1.86 bits per heavy atom. The standard InChI is InChI=1S/C34H35NO13P2/c1-6-44-34(39)29-31(48-33(38)25-11-7-22(8-12-25)20-45-49(40)43-3)30(28(19-36)35(29)26-15-17-27(42-2)18-16-26)47-32(37)24-13-9-23(10-14-24)21-46-50(4,5)41/h7-19,40-41H,4,6,20-21H2,1-3,5H3. The van der Waals surface area contributed by atoms with Crippen LogP contribution in [0.5, 0.6) is 17.2 Å². The van der Waals surface area contributed by atoms with E-state index in [0.717, 1.165) is 4.57 Å². The van der Waals surface area contributed by atoms with Crippen molar-refractivity contribution in [2.24, 2.45) is 0 Å². The molecular weight excluding hydrogens is 692 g/mol. The molecule has 0 aliphatic rings. The molecule has 2 atom stereocenters. The van der Waals surface area contributed by atoms with Crippen LogP contribution in [0.25, 0.3) is 5.69 Å². The van der Waals surface area contributed by atoms with E-state index in [-0.39, 0.29) is 42.3 Å². The number of aromatic nitrogens is 1. The van der Waals surface area contributed by atoms with Gasteiger partial charge in [-0.1, -0.05) is 30.6 Å². The molecule has 0 spiro atoms. The second-order valence-corrected chi connectivity index (χ2v) is 13.9. The Morgan fingerprint density at radius 1 is 0.840 bits per heavy atom. The molecule has 1 aromatic heterocycles. The molecule has 0 aliphatic carbocycles. The van der Waals surface area contributed by atoms with Gasteiger partial charge in [0.2, 0.25) is 11.5 Å². The zero-order valence-corrected chi connectivity index (χ0v) is 29.3. The maximum Gasteiger partial charge on any atom is 0.359 e. The Hall–Kier alpha value is -4.65. The monoisotopic (exact) mass is 727 g/mol. The summed E-state index contributed by atoms with van der Waals surface area (Å²) in [6.07, 6.45) is 3.93. The molecule has 0 saturated heterocycles. The first-order valence-corrected chi connectivity index (χ1v) is 18.2. The number of methoxy groups -OCH3 is 1. The maximum absolute atomic E-state index is 13.5. The van der Waals surface area contributed by atoms with Crippen LogP contribution in [0.15, 0.2) is 72.8 Å². The molecule has 4 aromatic rings. The Labute approximate surface area is 289 Å². The predicted octanol–water partition coefficient (Wildman–Crippen LogP) is 5.71. The van der Waals surface area contributed by atoms with E-state index >= 15 is 0 Å². The molecule has 16 heteroatoms. The average molecular weight is 728 g/mol. The van der Waals surface area contributed by atoms with Crippen LogP contribution in [0.1, 0.15) is 59.7 Å². The second-order valence-electron chi connectivity index (χ2n) is 10.5. The zero-order valence-electron chi connectivity index (χ0n) is 27.6. The summed E-state index contributed by atoms with van der Waals surface area (Å²) >= 11 is 0. The van der Waals surface area contributed by atoms with Crippen molar-refractivity contribution in [3.63, 3.8) is 0 Å². The summed E-state index contributed by atoms with van der Waals surface area (Å²) < 4.78 is 38.4. The van der Waals surface area contributed by atoms with E-state index in [0.29, 0.717) is 23.2 Å². The van der Waals surface area contributed by atoms with Gasteiger partial charge in [-0.05, 0) is 66.6 Å². The molecule has 0 radical (unpaired) electrons. The summed E-state index contributed by atoms with van der Waals surface area (Å²) in [5.41, 5.74) is 0.855. The van der Waals surface area contributed by atoms with Crippen molar-refractivity contribution in [3.8, 4) is 22.9 Å². The molecule has 2 unspecified atom stereocenters. The van der Waals surface area contributed by atoms with Crippen LogP contribution in [0.4, 0.5) is 0 Å². The smallest absolute Gasteiger partial charge is 0.359 e. The fraction of sp³-hybridized carbons (Fsp3) is 0.206. The van der Waals surface area contributed by atoms with Crippen molar-refractivity contribution < 1.29 is 61.5 Å². The number of carbonyl (C=O) groups excluding carboxylic acids is 4. The summed E-state index contributed by atoms with van der Waals surface area (Å²) in [6, 6.07) is 18.2. The Balaban J connectivity index is 1.79. The van der Waals surface area contributed by atoms with Crippen LogP contribution in [0.3, 0.4) is 0 Å². The van der Waals surface area contributed by atoms with Crippen molar-refractivity contribution in [2.75, 3.05) is 27.5 Å². The molecule has 0 amide bonds. The first-order chi connectivity index (χ1) is 23.9.